The standard InChI is InChI=1S/C22H21ClN4OS/c1-13-9-15(3)21-18(10-13)14(2)11-19-25-26-22(27(19)21)29-8-7-20(28)24-17-6-4-5-16(23)12-17/h4-6,9-12H,7-8H2,1-3H3,(H,24,28). The van der Waals surface area contributed by atoms with Crippen LogP contribution in [-0.4, -0.2) is 26.3 Å². The van der Waals surface area contributed by atoms with E-state index in [1.54, 1.807) is 12.1 Å². The molecule has 0 spiro atoms. The highest BCUT2D eigenvalue weighted by Gasteiger charge is 2.14. The molecule has 29 heavy (non-hydrogen) atoms. The van der Waals surface area contributed by atoms with Crippen molar-refractivity contribution in [3.8, 4) is 0 Å². The van der Waals surface area contributed by atoms with Crippen LogP contribution in [0.2, 0.25) is 5.02 Å². The number of fused-ring (bicyclic) bond motifs is 3. The van der Waals surface area contributed by atoms with Crippen LogP contribution in [-0.2, 0) is 4.79 Å². The highest BCUT2D eigenvalue weighted by atomic mass is 35.5. The summed E-state index contributed by atoms with van der Waals surface area (Å²) in [5.74, 6) is 0.550. The summed E-state index contributed by atoms with van der Waals surface area (Å²) in [6, 6.07) is 13.6. The minimum atomic E-state index is -0.0545. The van der Waals surface area contributed by atoms with E-state index in [1.807, 2.05) is 12.1 Å². The van der Waals surface area contributed by atoms with Gasteiger partial charge in [-0.15, -0.1) is 10.2 Å². The Bertz CT molecular complexity index is 1230. The molecular weight excluding hydrogens is 404 g/mol. The normalized spacial score (nSPS) is 11.3. The summed E-state index contributed by atoms with van der Waals surface area (Å²) < 4.78 is 2.09. The molecule has 4 aromatic rings. The Balaban J connectivity index is 1.54. The zero-order chi connectivity index (χ0) is 20.5. The molecule has 4 rings (SSSR count). The fourth-order valence-electron chi connectivity index (χ4n) is 3.53. The summed E-state index contributed by atoms with van der Waals surface area (Å²) in [4.78, 5) is 12.3. The first-order chi connectivity index (χ1) is 13.9. The molecule has 0 atom stereocenters. The fraction of sp³-hybridized carbons (Fsp3) is 0.227. The Kier molecular flexibility index (Phi) is 5.48. The second-order valence-corrected chi connectivity index (χ2v) is 8.64. The number of aryl methyl sites for hydroxylation is 3. The Hall–Kier alpha value is -2.57. The molecule has 0 saturated carbocycles. The monoisotopic (exact) mass is 424 g/mol. The Morgan fingerprint density at radius 3 is 2.72 bits per heavy atom. The minimum absolute atomic E-state index is 0.0545. The second-order valence-electron chi connectivity index (χ2n) is 7.14. The molecule has 0 saturated heterocycles. The van der Waals surface area contributed by atoms with Gasteiger partial charge in [0.1, 0.15) is 0 Å². The molecule has 1 amide bonds. The third-order valence-corrected chi connectivity index (χ3v) is 5.93. The molecule has 0 aliphatic rings. The number of rotatable bonds is 5. The van der Waals surface area contributed by atoms with Crippen LogP contribution in [0.4, 0.5) is 5.69 Å². The van der Waals surface area contributed by atoms with Crippen LogP contribution in [0.3, 0.4) is 0 Å². The Morgan fingerprint density at radius 2 is 1.93 bits per heavy atom. The number of hydrogen-bond donors (Lipinski definition) is 1. The molecule has 0 unspecified atom stereocenters. The lowest BCUT2D eigenvalue weighted by Gasteiger charge is -2.11. The summed E-state index contributed by atoms with van der Waals surface area (Å²) in [6.45, 7) is 6.32. The van der Waals surface area contributed by atoms with E-state index >= 15 is 0 Å². The van der Waals surface area contributed by atoms with E-state index in [0.717, 1.165) is 16.3 Å². The molecule has 0 aliphatic heterocycles. The van der Waals surface area contributed by atoms with Gasteiger partial charge in [0.2, 0.25) is 5.91 Å². The molecule has 2 aromatic carbocycles. The number of aromatic nitrogens is 3. The van der Waals surface area contributed by atoms with Crippen LogP contribution in [0.15, 0.2) is 47.6 Å². The first-order valence-corrected chi connectivity index (χ1v) is 10.7. The maximum absolute atomic E-state index is 12.3. The van der Waals surface area contributed by atoms with Gasteiger partial charge >= 0.3 is 0 Å². The zero-order valence-electron chi connectivity index (χ0n) is 16.5. The lowest BCUT2D eigenvalue weighted by Crippen LogP contribution is -2.12. The molecule has 148 valence electrons. The van der Waals surface area contributed by atoms with Gasteiger partial charge in [-0.25, -0.2) is 0 Å². The average Bonchev–Trinajstić information content (AvgIpc) is 3.04. The highest BCUT2D eigenvalue weighted by molar-refractivity contribution is 7.99. The molecular formula is C22H21ClN4OS. The Morgan fingerprint density at radius 1 is 1.10 bits per heavy atom. The van der Waals surface area contributed by atoms with E-state index in [-0.39, 0.29) is 5.91 Å². The lowest BCUT2D eigenvalue weighted by molar-refractivity contribution is -0.115. The Labute approximate surface area is 178 Å². The molecule has 7 heteroatoms. The molecule has 1 N–H and O–H groups in total. The van der Waals surface area contributed by atoms with Gasteiger partial charge in [-0.2, -0.15) is 0 Å². The number of nitrogens with zero attached hydrogens (tertiary/aromatic N) is 3. The summed E-state index contributed by atoms with van der Waals surface area (Å²) in [6.07, 6.45) is 0.369. The van der Waals surface area contributed by atoms with Gasteiger partial charge in [-0.3, -0.25) is 9.20 Å². The van der Waals surface area contributed by atoms with Gasteiger partial charge in [0.25, 0.3) is 0 Å². The van der Waals surface area contributed by atoms with E-state index in [2.05, 4.69) is 58.9 Å². The molecule has 0 bridgehead atoms. The van der Waals surface area contributed by atoms with E-state index < -0.39 is 0 Å². The second kappa shape index (κ2) is 8.05. The van der Waals surface area contributed by atoms with Gasteiger partial charge in [-0.05, 0) is 62.2 Å². The third kappa shape index (κ3) is 4.09. The molecule has 2 heterocycles. The van der Waals surface area contributed by atoms with E-state index in [0.29, 0.717) is 22.9 Å². The number of carbonyl (C=O) groups is 1. The minimum Gasteiger partial charge on any atom is -0.326 e. The molecule has 2 aromatic heterocycles. The largest absolute Gasteiger partial charge is 0.326 e. The molecule has 5 nitrogen and oxygen atoms in total. The van der Waals surface area contributed by atoms with E-state index in [9.17, 15) is 4.79 Å². The number of benzene rings is 2. The van der Waals surface area contributed by atoms with Crippen LogP contribution in [0.5, 0.6) is 0 Å². The summed E-state index contributed by atoms with van der Waals surface area (Å²) in [7, 11) is 0. The molecule has 0 fully saturated rings. The number of anilines is 1. The van der Waals surface area contributed by atoms with Crippen molar-refractivity contribution in [3.05, 3.63) is 64.2 Å². The van der Waals surface area contributed by atoms with Crippen molar-refractivity contribution in [1.82, 2.24) is 14.6 Å². The summed E-state index contributed by atoms with van der Waals surface area (Å²) in [5.41, 5.74) is 6.26. The van der Waals surface area contributed by atoms with Crippen LogP contribution in [0.25, 0.3) is 16.6 Å². The van der Waals surface area contributed by atoms with Gasteiger partial charge in [0.05, 0.1) is 5.52 Å². The van der Waals surface area contributed by atoms with Crippen LogP contribution >= 0.6 is 23.4 Å². The number of halogens is 1. The van der Waals surface area contributed by atoms with Gasteiger partial charge < -0.3 is 5.32 Å². The fourth-order valence-corrected chi connectivity index (χ4v) is 4.60. The van der Waals surface area contributed by atoms with E-state index in [1.165, 1.54) is 33.8 Å². The number of carbonyl (C=O) groups excluding carboxylic acids is 1. The topological polar surface area (TPSA) is 59.3 Å². The van der Waals surface area contributed by atoms with E-state index in [4.69, 9.17) is 11.6 Å². The zero-order valence-corrected chi connectivity index (χ0v) is 18.1. The van der Waals surface area contributed by atoms with Crippen molar-refractivity contribution in [2.45, 2.75) is 32.3 Å². The summed E-state index contributed by atoms with van der Waals surface area (Å²) in [5, 5.41) is 14.2. The number of nitrogens with one attached hydrogen (secondary N) is 1. The maximum atomic E-state index is 12.3. The van der Waals surface area contributed by atoms with Crippen LogP contribution < -0.4 is 5.32 Å². The SMILES string of the molecule is Cc1cc(C)c2c(c1)c(C)cc1nnc(SCCC(=O)Nc3cccc(Cl)c3)n12. The van der Waals surface area contributed by atoms with Crippen molar-refractivity contribution in [1.29, 1.82) is 0 Å². The summed E-state index contributed by atoms with van der Waals surface area (Å²) >= 11 is 7.50. The first kappa shape index (κ1) is 19.7. The predicted molar refractivity (Wildman–Crippen MR) is 120 cm³/mol. The van der Waals surface area contributed by atoms with Crippen molar-refractivity contribution < 1.29 is 4.79 Å². The average molecular weight is 425 g/mol. The number of pyridine rings is 1. The third-order valence-electron chi connectivity index (χ3n) is 4.77. The van der Waals surface area contributed by atoms with Crippen LogP contribution in [0, 0.1) is 20.8 Å². The van der Waals surface area contributed by atoms with Crippen LogP contribution in [0.1, 0.15) is 23.1 Å². The van der Waals surface area contributed by atoms with Gasteiger partial charge in [-0.1, -0.05) is 41.1 Å². The first-order valence-electron chi connectivity index (χ1n) is 9.36. The van der Waals surface area contributed by atoms with Crippen molar-refractivity contribution >= 4 is 51.5 Å². The molecule has 0 radical (unpaired) electrons. The smallest absolute Gasteiger partial charge is 0.225 e. The number of amides is 1. The maximum Gasteiger partial charge on any atom is 0.225 e. The predicted octanol–water partition coefficient (Wildman–Crippen LogP) is 5.58. The van der Waals surface area contributed by atoms with Gasteiger partial charge in [0.15, 0.2) is 10.8 Å². The highest BCUT2D eigenvalue weighted by Crippen LogP contribution is 2.29. The number of thioether (sulfide) groups is 1. The molecule has 0 aliphatic carbocycles. The lowest BCUT2D eigenvalue weighted by atomic mass is 10.0. The van der Waals surface area contributed by atoms with Crippen molar-refractivity contribution in [2.24, 2.45) is 0 Å². The number of hydrogen-bond acceptors (Lipinski definition) is 4. The quantitative estimate of drug-likeness (QED) is 0.425. The van der Waals surface area contributed by atoms with Gasteiger partial charge in [0, 0.05) is 28.3 Å². The van der Waals surface area contributed by atoms with Crippen molar-refractivity contribution in [2.75, 3.05) is 11.1 Å². The van der Waals surface area contributed by atoms with Crippen molar-refractivity contribution in [3.63, 3.8) is 0 Å².